The van der Waals surface area contributed by atoms with Crippen LogP contribution in [-0.4, -0.2) is 84.6 Å². The summed E-state index contributed by atoms with van der Waals surface area (Å²) in [6.45, 7) is 10.7. The number of aromatic hydroxyl groups is 2. The van der Waals surface area contributed by atoms with E-state index in [4.69, 9.17) is 27.9 Å². The molecule has 0 atom stereocenters. The van der Waals surface area contributed by atoms with E-state index in [-0.39, 0.29) is 11.5 Å². The number of nitrogens with one attached hydrogen (secondary N) is 2. The second kappa shape index (κ2) is 25.4. The van der Waals surface area contributed by atoms with Gasteiger partial charge in [-0.2, -0.15) is 0 Å². The molecule has 0 bridgehead atoms. The lowest BCUT2D eigenvalue weighted by Crippen LogP contribution is -2.42. The van der Waals surface area contributed by atoms with Gasteiger partial charge in [0.1, 0.15) is 11.5 Å². The van der Waals surface area contributed by atoms with Crippen molar-refractivity contribution in [2.24, 2.45) is 0 Å². The molecule has 9 heteroatoms. The first kappa shape index (κ1) is 42.2. The minimum atomic E-state index is 0.161. The maximum Gasteiger partial charge on any atom is 0.134 e. The van der Waals surface area contributed by atoms with Crippen LogP contribution >= 0.6 is 23.2 Å². The monoisotopic (exact) mass is 746 g/mol. The molecule has 0 amide bonds. The average Bonchev–Trinajstić information content (AvgIpc) is 3.14. The number of phenolic OH excluding ortho intramolecular Hbond substituents is 2. The van der Waals surface area contributed by atoms with Gasteiger partial charge in [0, 0.05) is 39.3 Å². The molecule has 0 spiro atoms. The van der Waals surface area contributed by atoms with E-state index in [0.717, 1.165) is 24.2 Å². The lowest BCUT2D eigenvalue weighted by atomic mass is 10.0. The summed E-state index contributed by atoms with van der Waals surface area (Å²) in [4.78, 5) is 5.34. The van der Waals surface area contributed by atoms with Crippen LogP contribution < -0.4 is 10.6 Å². The molecule has 4 rings (SSSR count). The molecule has 2 heterocycles. The van der Waals surface area contributed by atoms with Gasteiger partial charge in [-0.15, -0.1) is 0 Å². The van der Waals surface area contributed by atoms with Crippen LogP contribution in [0.25, 0.3) is 0 Å². The van der Waals surface area contributed by atoms with Crippen molar-refractivity contribution in [3.05, 3.63) is 57.6 Å². The summed E-state index contributed by atoms with van der Waals surface area (Å²) >= 11 is 12.3. The second-order valence-corrected chi connectivity index (χ2v) is 15.8. The number of nitrogens with zero attached hydrogens (tertiary/aromatic N) is 2. The molecule has 2 aliphatic rings. The van der Waals surface area contributed by atoms with Crippen molar-refractivity contribution in [2.45, 2.75) is 141 Å². The van der Waals surface area contributed by atoms with Gasteiger partial charge in [-0.3, -0.25) is 0 Å². The van der Waals surface area contributed by atoms with Crippen LogP contribution in [0.15, 0.2) is 36.4 Å². The van der Waals surface area contributed by atoms with Crippen LogP contribution in [0.3, 0.4) is 0 Å². The lowest BCUT2D eigenvalue weighted by Gasteiger charge is -2.37. The van der Waals surface area contributed by atoms with Crippen molar-refractivity contribution in [2.75, 3.05) is 52.4 Å². The van der Waals surface area contributed by atoms with E-state index >= 15 is 0 Å². The molecule has 2 fully saturated rings. The molecule has 7 nitrogen and oxygen atoms in total. The number of ether oxygens (including phenoxy) is 1. The highest BCUT2D eigenvalue weighted by atomic mass is 35.5. The van der Waals surface area contributed by atoms with Gasteiger partial charge in [0.05, 0.1) is 22.3 Å². The Bertz CT molecular complexity index is 1110. The molecule has 51 heavy (non-hydrogen) atoms. The fraction of sp³-hybridized carbons (Fsp3) is 0.714. The number of hydrogen-bond donors (Lipinski definition) is 4. The largest absolute Gasteiger partial charge is 0.506 e. The third-order valence-corrected chi connectivity index (χ3v) is 11.7. The molecule has 4 N–H and O–H groups in total. The van der Waals surface area contributed by atoms with E-state index in [1.165, 1.54) is 155 Å². The molecule has 0 radical (unpaired) electrons. The van der Waals surface area contributed by atoms with E-state index in [9.17, 15) is 10.2 Å². The molecule has 2 saturated heterocycles. The number of benzene rings is 2. The Kier molecular flexibility index (Phi) is 21.0. The number of hydrogen-bond acceptors (Lipinski definition) is 7. The average molecular weight is 748 g/mol. The Balaban J connectivity index is 0.872. The standard InChI is InChI=1S/C42H68Cl2N4O3/c43-41-35(17-15-19-39(41)49)33-45-25-11-7-3-1-5-9-13-27-47-29-21-37(22-30-47)51-38-23-31-48(32-24-38)28-14-10-6-2-4-8-12-26-46-34-36-18-16-20-40(50)42(36)44/h15-20,37-38,45-46,49-50H,1-14,21-34H2. The SMILES string of the molecule is Oc1cccc(CNCCCCCCCCCN2CCC(OC3CCN(CCCCCCCCCNCc4cccc(O)c4Cl)CC3)CC2)c1Cl. The maximum atomic E-state index is 9.71. The van der Waals surface area contributed by atoms with Gasteiger partial charge < -0.3 is 35.4 Å². The van der Waals surface area contributed by atoms with Crippen LogP contribution in [0, 0.1) is 0 Å². The third-order valence-electron chi connectivity index (χ3n) is 10.9. The smallest absolute Gasteiger partial charge is 0.134 e. The quantitative estimate of drug-likeness (QED) is 0.0714. The highest BCUT2D eigenvalue weighted by Crippen LogP contribution is 2.27. The first-order valence-corrected chi connectivity index (χ1v) is 21.2. The molecule has 0 aromatic heterocycles. The van der Waals surface area contributed by atoms with Crippen molar-refractivity contribution in [3.63, 3.8) is 0 Å². The van der Waals surface area contributed by atoms with Gasteiger partial charge in [0.25, 0.3) is 0 Å². The number of unbranched alkanes of at least 4 members (excludes halogenated alkanes) is 12. The van der Waals surface area contributed by atoms with Crippen molar-refractivity contribution in [1.82, 2.24) is 20.4 Å². The fourth-order valence-corrected chi connectivity index (χ4v) is 7.99. The second-order valence-electron chi connectivity index (χ2n) is 15.0. The van der Waals surface area contributed by atoms with Gasteiger partial charge in [0.2, 0.25) is 0 Å². The van der Waals surface area contributed by atoms with Gasteiger partial charge in [-0.05, 0) is 101 Å². The van der Waals surface area contributed by atoms with Crippen molar-refractivity contribution >= 4 is 23.2 Å². The van der Waals surface area contributed by atoms with Crippen molar-refractivity contribution in [3.8, 4) is 11.5 Å². The van der Waals surface area contributed by atoms with E-state index in [2.05, 4.69) is 20.4 Å². The molecular formula is C42H68Cl2N4O3. The summed E-state index contributed by atoms with van der Waals surface area (Å²) < 4.78 is 6.61. The van der Waals surface area contributed by atoms with Crippen molar-refractivity contribution < 1.29 is 14.9 Å². The summed E-state index contributed by atoms with van der Waals surface area (Å²) in [5, 5.41) is 27.2. The number of piperidine rings is 2. The summed E-state index contributed by atoms with van der Waals surface area (Å²) in [7, 11) is 0. The number of likely N-dealkylation sites (tertiary alicyclic amines) is 2. The minimum absolute atomic E-state index is 0.161. The first-order valence-electron chi connectivity index (χ1n) is 20.4. The molecule has 2 aliphatic heterocycles. The number of halogens is 2. The van der Waals surface area contributed by atoms with Gasteiger partial charge in [-0.25, -0.2) is 0 Å². The Morgan fingerprint density at radius 1 is 0.529 bits per heavy atom. The molecule has 288 valence electrons. The van der Waals surface area contributed by atoms with Gasteiger partial charge >= 0.3 is 0 Å². The molecule has 0 unspecified atom stereocenters. The van der Waals surface area contributed by atoms with E-state index in [1.54, 1.807) is 12.1 Å². The van der Waals surface area contributed by atoms with Gasteiger partial charge in [0.15, 0.2) is 0 Å². The predicted octanol–water partition coefficient (Wildman–Crippen LogP) is 9.69. The highest BCUT2D eigenvalue weighted by molar-refractivity contribution is 6.33. The summed E-state index contributed by atoms with van der Waals surface area (Å²) in [5.74, 6) is 0.321. The first-order chi connectivity index (χ1) is 25.0. The van der Waals surface area contributed by atoms with Crippen LogP contribution in [0.4, 0.5) is 0 Å². The lowest BCUT2D eigenvalue weighted by molar-refractivity contribution is -0.0650. The Labute approximate surface area is 319 Å². The summed E-state index contributed by atoms with van der Waals surface area (Å²) in [6, 6.07) is 10.9. The molecular weight excluding hydrogens is 679 g/mol. The zero-order valence-corrected chi connectivity index (χ0v) is 32.9. The maximum absolute atomic E-state index is 9.71. The molecule has 2 aromatic carbocycles. The third kappa shape index (κ3) is 17.0. The van der Waals surface area contributed by atoms with Gasteiger partial charge in [-0.1, -0.05) is 112 Å². The zero-order valence-electron chi connectivity index (χ0n) is 31.4. The summed E-state index contributed by atoms with van der Waals surface area (Å²) in [5.41, 5.74) is 1.92. The van der Waals surface area contributed by atoms with E-state index in [1.807, 2.05) is 24.3 Å². The minimum Gasteiger partial charge on any atom is -0.506 e. The van der Waals surface area contributed by atoms with E-state index < -0.39 is 0 Å². The van der Waals surface area contributed by atoms with Crippen LogP contribution in [0.1, 0.15) is 127 Å². The van der Waals surface area contributed by atoms with Crippen LogP contribution in [0.5, 0.6) is 11.5 Å². The molecule has 0 saturated carbocycles. The van der Waals surface area contributed by atoms with E-state index in [0.29, 0.717) is 35.3 Å². The number of rotatable bonds is 26. The summed E-state index contributed by atoms with van der Waals surface area (Å²) in [6.07, 6.45) is 24.1. The van der Waals surface area contributed by atoms with Crippen LogP contribution in [0.2, 0.25) is 10.0 Å². The molecule has 2 aromatic rings. The van der Waals surface area contributed by atoms with Crippen LogP contribution in [-0.2, 0) is 17.8 Å². The highest BCUT2D eigenvalue weighted by Gasteiger charge is 2.25. The Morgan fingerprint density at radius 2 is 0.882 bits per heavy atom. The predicted molar refractivity (Wildman–Crippen MR) is 214 cm³/mol. The van der Waals surface area contributed by atoms with Crippen molar-refractivity contribution in [1.29, 1.82) is 0 Å². The zero-order chi connectivity index (χ0) is 35.9. The Morgan fingerprint density at radius 3 is 1.27 bits per heavy atom. The fourth-order valence-electron chi connectivity index (χ4n) is 7.60. The Hall–Kier alpha value is -1.58. The topological polar surface area (TPSA) is 80.2 Å². The number of phenols is 2. The molecule has 0 aliphatic carbocycles. The normalized spacial score (nSPS) is 16.7.